The SMILES string of the molecule is CC(C)CN1CCN(c2ccc(N)c(S)c2)CC1. The maximum absolute atomic E-state index is 5.79. The second-order valence-electron chi connectivity index (χ2n) is 5.42. The van der Waals surface area contributed by atoms with E-state index in [1.807, 2.05) is 6.07 Å². The van der Waals surface area contributed by atoms with Gasteiger partial charge in [-0.3, -0.25) is 4.90 Å². The highest BCUT2D eigenvalue weighted by molar-refractivity contribution is 7.80. The van der Waals surface area contributed by atoms with Gasteiger partial charge in [0, 0.05) is 49.0 Å². The van der Waals surface area contributed by atoms with Crippen molar-refractivity contribution < 1.29 is 0 Å². The van der Waals surface area contributed by atoms with Gasteiger partial charge in [-0.25, -0.2) is 0 Å². The first-order valence-electron chi connectivity index (χ1n) is 6.62. The number of anilines is 2. The summed E-state index contributed by atoms with van der Waals surface area (Å²) in [4.78, 5) is 5.83. The summed E-state index contributed by atoms with van der Waals surface area (Å²) < 4.78 is 0. The molecular formula is C14H23N3S. The molecule has 0 radical (unpaired) electrons. The van der Waals surface area contributed by atoms with E-state index < -0.39 is 0 Å². The zero-order chi connectivity index (χ0) is 13.1. The molecule has 18 heavy (non-hydrogen) atoms. The minimum absolute atomic E-state index is 0.747. The first-order valence-corrected chi connectivity index (χ1v) is 7.07. The number of nitrogens with zero attached hydrogens (tertiary/aromatic N) is 2. The molecule has 1 heterocycles. The van der Waals surface area contributed by atoms with Gasteiger partial charge in [0.2, 0.25) is 0 Å². The molecule has 0 atom stereocenters. The third kappa shape index (κ3) is 3.33. The zero-order valence-corrected chi connectivity index (χ0v) is 12.2. The van der Waals surface area contributed by atoms with Crippen molar-refractivity contribution in [3.8, 4) is 0 Å². The number of rotatable bonds is 3. The van der Waals surface area contributed by atoms with Gasteiger partial charge >= 0.3 is 0 Å². The Bertz CT molecular complexity index is 398. The Morgan fingerprint density at radius 1 is 1.22 bits per heavy atom. The molecule has 1 fully saturated rings. The molecule has 1 aromatic carbocycles. The highest BCUT2D eigenvalue weighted by atomic mass is 32.1. The Kier molecular flexibility index (Phi) is 4.40. The second-order valence-corrected chi connectivity index (χ2v) is 5.91. The Labute approximate surface area is 115 Å². The molecule has 1 saturated heterocycles. The van der Waals surface area contributed by atoms with Gasteiger partial charge < -0.3 is 10.6 Å². The first-order chi connectivity index (χ1) is 8.56. The molecule has 0 aliphatic carbocycles. The van der Waals surface area contributed by atoms with Crippen LogP contribution in [0, 0.1) is 5.92 Å². The molecule has 0 saturated carbocycles. The summed E-state index contributed by atoms with van der Waals surface area (Å²) >= 11 is 4.39. The van der Waals surface area contributed by atoms with E-state index in [0.717, 1.165) is 42.7 Å². The van der Waals surface area contributed by atoms with E-state index in [1.165, 1.54) is 12.2 Å². The molecule has 0 unspecified atom stereocenters. The van der Waals surface area contributed by atoms with Gasteiger partial charge in [-0.05, 0) is 24.1 Å². The Morgan fingerprint density at radius 3 is 2.44 bits per heavy atom. The largest absolute Gasteiger partial charge is 0.398 e. The molecule has 0 spiro atoms. The van der Waals surface area contributed by atoms with E-state index in [0.29, 0.717) is 0 Å². The van der Waals surface area contributed by atoms with Gasteiger partial charge in [0.15, 0.2) is 0 Å². The van der Waals surface area contributed by atoms with E-state index in [2.05, 4.69) is 48.4 Å². The number of hydrogen-bond donors (Lipinski definition) is 2. The van der Waals surface area contributed by atoms with Gasteiger partial charge in [0.25, 0.3) is 0 Å². The first kappa shape index (κ1) is 13.6. The lowest BCUT2D eigenvalue weighted by atomic mass is 10.2. The van der Waals surface area contributed by atoms with Crippen molar-refractivity contribution in [1.29, 1.82) is 0 Å². The number of nitrogen functional groups attached to an aromatic ring is 1. The van der Waals surface area contributed by atoms with Crippen molar-refractivity contribution in [1.82, 2.24) is 4.90 Å². The van der Waals surface area contributed by atoms with Crippen molar-refractivity contribution in [3.05, 3.63) is 18.2 Å². The Morgan fingerprint density at radius 2 is 1.89 bits per heavy atom. The molecule has 3 nitrogen and oxygen atoms in total. The van der Waals surface area contributed by atoms with Crippen molar-refractivity contribution >= 4 is 24.0 Å². The number of piperazine rings is 1. The number of benzene rings is 1. The molecule has 0 amide bonds. The van der Waals surface area contributed by atoms with Crippen LogP contribution in [0.4, 0.5) is 11.4 Å². The molecule has 4 heteroatoms. The summed E-state index contributed by atoms with van der Waals surface area (Å²) in [5, 5.41) is 0. The molecule has 2 N–H and O–H groups in total. The monoisotopic (exact) mass is 265 g/mol. The van der Waals surface area contributed by atoms with Crippen molar-refractivity contribution in [2.45, 2.75) is 18.7 Å². The lowest BCUT2D eigenvalue weighted by Crippen LogP contribution is -2.47. The molecule has 100 valence electrons. The lowest BCUT2D eigenvalue weighted by Gasteiger charge is -2.37. The van der Waals surface area contributed by atoms with Crippen LogP contribution in [-0.4, -0.2) is 37.6 Å². The zero-order valence-electron chi connectivity index (χ0n) is 11.3. The fraction of sp³-hybridized carbons (Fsp3) is 0.571. The minimum Gasteiger partial charge on any atom is -0.398 e. The molecule has 2 rings (SSSR count). The predicted octanol–water partition coefficient (Wildman–Crippen LogP) is 2.34. The average molecular weight is 265 g/mol. The molecule has 1 aromatic rings. The number of hydrogen-bond acceptors (Lipinski definition) is 4. The lowest BCUT2D eigenvalue weighted by molar-refractivity contribution is 0.231. The van der Waals surface area contributed by atoms with E-state index in [1.54, 1.807) is 0 Å². The molecule has 0 bridgehead atoms. The van der Waals surface area contributed by atoms with Crippen LogP contribution in [0.3, 0.4) is 0 Å². The molecule has 1 aliphatic heterocycles. The third-order valence-corrected chi connectivity index (χ3v) is 3.76. The van der Waals surface area contributed by atoms with Crippen LogP contribution in [0.2, 0.25) is 0 Å². The van der Waals surface area contributed by atoms with Crippen LogP contribution in [0.25, 0.3) is 0 Å². The standard InChI is InChI=1S/C14H23N3S/c1-11(2)10-16-5-7-17(8-6-16)12-3-4-13(15)14(18)9-12/h3-4,9,11,18H,5-8,10,15H2,1-2H3. The summed E-state index contributed by atoms with van der Waals surface area (Å²) in [5.74, 6) is 0.747. The highest BCUT2D eigenvalue weighted by Gasteiger charge is 2.17. The molecule has 0 aromatic heterocycles. The van der Waals surface area contributed by atoms with E-state index in [-0.39, 0.29) is 0 Å². The summed E-state index contributed by atoms with van der Waals surface area (Å²) in [7, 11) is 0. The predicted molar refractivity (Wildman–Crippen MR) is 81.6 cm³/mol. The van der Waals surface area contributed by atoms with Crippen molar-refractivity contribution in [3.63, 3.8) is 0 Å². The van der Waals surface area contributed by atoms with Crippen LogP contribution >= 0.6 is 12.6 Å². The van der Waals surface area contributed by atoms with Crippen LogP contribution in [-0.2, 0) is 0 Å². The van der Waals surface area contributed by atoms with E-state index in [4.69, 9.17) is 5.73 Å². The fourth-order valence-corrected chi connectivity index (χ4v) is 2.64. The van der Waals surface area contributed by atoms with Gasteiger partial charge in [-0.1, -0.05) is 13.8 Å². The summed E-state index contributed by atoms with van der Waals surface area (Å²) in [6, 6.07) is 6.10. The normalized spacial score (nSPS) is 17.4. The average Bonchev–Trinajstić information content (AvgIpc) is 2.33. The maximum atomic E-state index is 5.79. The van der Waals surface area contributed by atoms with Crippen LogP contribution in [0.1, 0.15) is 13.8 Å². The fourth-order valence-electron chi connectivity index (χ4n) is 2.43. The number of thiol groups is 1. The quantitative estimate of drug-likeness (QED) is 0.650. The molecule has 1 aliphatic rings. The van der Waals surface area contributed by atoms with Crippen molar-refractivity contribution in [2.75, 3.05) is 43.4 Å². The molecular weight excluding hydrogens is 242 g/mol. The Hall–Kier alpha value is -0.870. The van der Waals surface area contributed by atoms with Crippen molar-refractivity contribution in [2.24, 2.45) is 5.92 Å². The topological polar surface area (TPSA) is 32.5 Å². The van der Waals surface area contributed by atoms with E-state index in [9.17, 15) is 0 Å². The van der Waals surface area contributed by atoms with Crippen LogP contribution in [0.15, 0.2) is 23.1 Å². The third-order valence-electron chi connectivity index (χ3n) is 3.37. The maximum Gasteiger partial charge on any atom is 0.0451 e. The van der Waals surface area contributed by atoms with Crippen LogP contribution in [0.5, 0.6) is 0 Å². The summed E-state index contributed by atoms with van der Waals surface area (Å²) in [5.41, 5.74) is 7.78. The van der Waals surface area contributed by atoms with Gasteiger partial charge in [-0.15, -0.1) is 12.6 Å². The van der Waals surface area contributed by atoms with E-state index >= 15 is 0 Å². The van der Waals surface area contributed by atoms with Crippen LogP contribution < -0.4 is 10.6 Å². The smallest absolute Gasteiger partial charge is 0.0451 e. The van der Waals surface area contributed by atoms with Gasteiger partial charge in [0.1, 0.15) is 0 Å². The second kappa shape index (κ2) is 5.85. The number of nitrogens with two attached hydrogens (primary N) is 1. The summed E-state index contributed by atoms with van der Waals surface area (Å²) in [6.07, 6.45) is 0. The van der Waals surface area contributed by atoms with Gasteiger partial charge in [0.05, 0.1) is 0 Å². The summed E-state index contributed by atoms with van der Waals surface area (Å²) in [6.45, 7) is 10.2. The Balaban J connectivity index is 1.94. The minimum atomic E-state index is 0.747. The highest BCUT2D eigenvalue weighted by Crippen LogP contribution is 2.24. The van der Waals surface area contributed by atoms with Gasteiger partial charge in [-0.2, -0.15) is 0 Å².